The van der Waals surface area contributed by atoms with Crippen molar-refractivity contribution in [2.24, 2.45) is 0 Å². The van der Waals surface area contributed by atoms with Crippen molar-refractivity contribution in [3.05, 3.63) is 46.7 Å². The molecule has 1 aliphatic rings. The second kappa shape index (κ2) is 7.49. The summed E-state index contributed by atoms with van der Waals surface area (Å²) in [5.74, 6) is 0.410. The Labute approximate surface area is 145 Å². The Morgan fingerprint density at radius 1 is 1.29 bits per heavy atom. The Balaban J connectivity index is 1.73. The number of benzene rings is 1. The molecule has 2 heterocycles. The second-order valence-corrected chi connectivity index (χ2v) is 6.50. The van der Waals surface area contributed by atoms with Crippen LogP contribution >= 0.6 is 11.3 Å². The van der Waals surface area contributed by atoms with Gasteiger partial charge in [0, 0.05) is 6.54 Å². The van der Waals surface area contributed by atoms with E-state index in [1.165, 1.54) is 11.3 Å². The van der Waals surface area contributed by atoms with Gasteiger partial charge in [-0.2, -0.15) is 0 Å². The van der Waals surface area contributed by atoms with Crippen molar-refractivity contribution in [1.29, 1.82) is 0 Å². The van der Waals surface area contributed by atoms with Crippen LogP contribution in [0.1, 0.15) is 29.4 Å². The lowest BCUT2D eigenvalue weighted by atomic mass is 10.2. The third kappa shape index (κ3) is 3.43. The molecule has 5 nitrogen and oxygen atoms in total. The van der Waals surface area contributed by atoms with Gasteiger partial charge in [0.25, 0.3) is 5.91 Å². The summed E-state index contributed by atoms with van der Waals surface area (Å²) in [5, 5.41) is 4.78. The summed E-state index contributed by atoms with van der Waals surface area (Å²) in [7, 11) is 0. The maximum Gasteiger partial charge on any atom is 0.264 e. The minimum atomic E-state index is -0.436. The highest BCUT2D eigenvalue weighted by Gasteiger charge is 2.35. The SMILES string of the molecule is CCOc1ccccc1NC(=O)C1CCCN1C(=O)c1cccs1. The Morgan fingerprint density at radius 2 is 2.12 bits per heavy atom. The van der Waals surface area contributed by atoms with E-state index in [1.807, 2.05) is 42.6 Å². The third-order valence-corrected chi connectivity index (χ3v) is 4.85. The zero-order valence-electron chi connectivity index (χ0n) is 13.5. The summed E-state index contributed by atoms with van der Waals surface area (Å²) in [4.78, 5) is 27.6. The molecule has 1 unspecified atom stereocenters. The number of hydrogen-bond acceptors (Lipinski definition) is 4. The Bertz CT molecular complexity index is 715. The van der Waals surface area contributed by atoms with Crippen LogP contribution in [0.3, 0.4) is 0 Å². The van der Waals surface area contributed by atoms with Gasteiger partial charge in [0.1, 0.15) is 11.8 Å². The monoisotopic (exact) mass is 344 g/mol. The van der Waals surface area contributed by atoms with Crippen LogP contribution in [-0.2, 0) is 4.79 Å². The van der Waals surface area contributed by atoms with Gasteiger partial charge in [-0.25, -0.2) is 0 Å². The number of carbonyl (C=O) groups excluding carboxylic acids is 2. The normalized spacial score (nSPS) is 16.9. The van der Waals surface area contributed by atoms with Crippen LogP contribution in [0.2, 0.25) is 0 Å². The highest BCUT2D eigenvalue weighted by atomic mass is 32.1. The van der Waals surface area contributed by atoms with E-state index in [4.69, 9.17) is 4.74 Å². The van der Waals surface area contributed by atoms with Crippen LogP contribution in [0.15, 0.2) is 41.8 Å². The van der Waals surface area contributed by atoms with E-state index in [9.17, 15) is 9.59 Å². The van der Waals surface area contributed by atoms with Crippen LogP contribution in [0.5, 0.6) is 5.75 Å². The molecule has 1 fully saturated rings. The number of anilines is 1. The molecule has 0 saturated carbocycles. The molecular formula is C18H20N2O3S. The summed E-state index contributed by atoms with van der Waals surface area (Å²) in [6.07, 6.45) is 1.52. The third-order valence-electron chi connectivity index (χ3n) is 3.99. The molecule has 1 saturated heterocycles. The van der Waals surface area contributed by atoms with E-state index in [0.717, 1.165) is 6.42 Å². The summed E-state index contributed by atoms with van der Waals surface area (Å²) >= 11 is 1.40. The lowest BCUT2D eigenvalue weighted by Gasteiger charge is -2.24. The summed E-state index contributed by atoms with van der Waals surface area (Å²) in [5.41, 5.74) is 0.639. The molecule has 126 valence electrons. The van der Waals surface area contributed by atoms with E-state index < -0.39 is 6.04 Å². The number of nitrogens with one attached hydrogen (secondary N) is 1. The number of para-hydroxylation sites is 2. The molecule has 1 aromatic heterocycles. The van der Waals surface area contributed by atoms with E-state index in [2.05, 4.69) is 5.32 Å². The summed E-state index contributed by atoms with van der Waals surface area (Å²) in [6, 6.07) is 10.6. The highest BCUT2D eigenvalue weighted by Crippen LogP contribution is 2.27. The van der Waals surface area contributed by atoms with Crippen molar-refractivity contribution in [3.8, 4) is 5.75 Å². The number of thiophene rings is 1. The lowest BCUT2D eigenvalue weighted by Crippen LogP contribution is -2.43. The average molecular weight is 344 g/mol. The topological polar surface area (TPSA) is 58.6 Å². The van der Waals surface area contributed by atoms with Crippen molar-refractivity contribution < 1.29 is 14.3 Å². The number of carbonyl (C=O) groups is 2. The molecule has 24 heavy (non-hydrogen) atoms. The number of rotatable bonds is 5. The van der Waals surface area contributed by atoms with Gasteiger partial charge in [-0.05, 0) is 43.3 Å². The van der Waals surface area contributed by atoms with Crippen molar-refractivity contribution in [2.75, 3.05) is 18.5 Å². The molecule has 2 amide bonds. The Morgan fingerprint density at radius 3 is 2.88 bits per heavy atom. The molecule has 0 aliphatic carbocycles. The van der Waals surface area contributed by atoms with E-state index in [-0.39, 0.29) is 11.8 Å². The Hall–Kier alpha value is -2.34. The molecule has 2 aromatic rings. The standard InChI is InChI=1S/C18H20N2O3S/c1-2-23-15-9-4-3-7-13(15)19-17(21)14-8-5-11-20(14)18(22)16-10-6-12-24-16/h3-4,6-7,9-10,12,14H,2,5,8,11H2,1H3,(H,19,21). The van der Waals surface area contributed by atoms with E-state index in [1.54, 1.807) is 11.0 Å². The molecule has 6 heteroatoms. The lowest BCUT2D eigenvalue weighted by molar-refractivity contribution is -0.119. The van der Waals surface area contributed by atoms with Crippen molar-refractivity contribution in [1.82, 2.24) is 4.90 Å². The van der Waals surface area contributed by atoms with Gasteiger partial charge in [-0.3, -0.25) is 9.59 Å². The first-order chi connectivity index (χ1) is 11.7. The van der Waals surface area contributed by atoms with Gasteiger partial charge in [0.05, 0.1) is 17.2 Å². The van der Waals surface area contributed by atoms with Crippen LogP contribution in [0.25, 0.3) is 0 Å². The zero-order valence-corrected chi connectivity index (χ0v) is 14.3. The van der Waals surface area contributed by atoms with Crippen molar-refractivity contribution >= 4 is 28.8 Å². The molecule has 0 radical (unpaired) electrons. The fourth-order valence-electron chi connectivity index (χ4n) is 2.89. The summed E-state index contributed by atoms with van der Waals surface area (Å²) in [6.45, 7) is 3.04. The minimum Gasteiger partial charge on any atom is -0.492 e. The predicted octanol–water partition coefficient (Wildman–Crippen LogP) is 3.39. The average Bonchev–Trinajstić information content (AvgIpc) is 3.28. The fourth-order valence-corrected chi connectivity index (χ4v) is 3.57. The van der Waals surface area contributed by atoms with E-state index in [0.29, 0.717) is 35.9 Å². The molecule has 3 rings (SSSR count). The first kappa shape index (κ1) is 16.5. The van der Waals surface area contributed by atoms with Crippen LogP contribution in [0, 0.1) is 0 Å². The van der Waals surface area contributed by atoms with Gasteiger partial charge in [0.15, 0.2) is 0 Å². The number of likely N-dealkylation sites (tertiary alicyclic amines) is 1. The van der Waals surface area contributed by atoms with Crippen LogP contribution in [0.4, 0.5) is 5.69 Å². The first-order valence-corrected chi connectivity index (χ1v) is 8.96. The van der Waals surface area contributed by atoms with Gasteiger partial charge in [0.2, 0.25) is 5.91 Å². The molecule has 1 aliphatic heterocycles. The number of ether oxygens (including phenoxy) is 1. The smallest absolute Gasteiger partial charge is 0.264 e. The van der Waals surface area contributed by atoms with Crippen LogP contribution < -0.4 is 10.1 Å². The fraction of sp³-hybridized carbons (Fsp3) is 0.333. The Kier molecular flexibility index (Phi) is 5.15. The quantitative estimate of drug-likeness (QED) is 0.904. The molecule has 1 atom stereocenters. The maximum atomic E-state index is 12.7. The molecule has 1 N–H and O–H groups in total. The van der Waals surface area contributed by atoms with Gasteiger partial charge in [-0.15, -0.1) is 11.3 Å². The number of nitrogens with zero attached hydrogens (tertiary/aromatic N) is 1. The maximum absolute atomic E-state index is 12.7. The zero-order chi connectivity index (χ0) is 16.9. The molecular weight excluding hydrogens is 324 g/mol. The van der Waals surface area contributed by atoms with E-state index >= 15 is 0 Å². The van der Waals surface area contributed by atoms with Gasteiger partial charge < -0.3 is 15.0 Å². The predicted molar refractivity (Wildman–Crippen MR) is 94.6 cm³/mol. The van der Waals surface area contributed by atoms with Crippen LogP contribution in [-0.4, -0.2) is 35.9 Å². The van der Waals surface area contributed by atoms with Crippen molar-refractivity contribution in [3.63, 3.8) is 0 Å². The van der Waals surface area contributed by atoms with Gasteiger partial charge in [-0.1, -0.05) is 18.2 Å². The highest BCUT2D eigenvalue weighted by molar-refractivity contribution is 7.12. The largest absolute Gasteiger partial charge is 0.492 e. The first-order valence-electron chi connectivity index (χ1n) is 8.08. The molecule has 1 aromatic carbocycles. The molecule has 0 bridgehead atoms. The second-order valence-electron chi connectivity index (χ2n) is 5.55. The minimum absolute atomic E-state index is 0.0688. The number of amides is 2. The van der Waals surface area contributed by atoms with Crippen molar-refractivity contribution in [2.45, 2.75) is 25.8 Å². The number of hydrogen-bond donors (Lipinski definition) is 1. The van der Waals surface area contributed by atoms with Gasteiger partial charge >= 0.3 is 0 Å². The summed E-state index contributed by atoms with van der Waals surface area (Å²) < 4.78 is 5.54. The molecule has 0 spiro atoms.